The lowest BCUT2D eigenvalue weighted by Crippen LogP contribution is -2.12. The van der Waals surface area contributed by atoms with Gasteiger partial charge in [-0.15, -0.1) is 0 Å². The van der Waals surface area contributed by atoms with E-state index >= 15 is 0 Å². The molecular formula is C16H14ClN3O2. The summed E-state index contributed by atoms with van der Waals surface area (Å²) in [6, 6.07) is 14.3. The zero-order chi connectivity index (χ0) is 15.5. The normalized spacial score (nSPS) is 16.8. The fourth-order valence-corrected chi connectivity index (χ4v) is 2.28. The number of hydrogen-bond acceptors (Lipinski definition) is 4. The van der Waals surface area contributed by atoms with Crippen LogP contribution < -0.4 is 11.1 Å². The van der Waals surface area contributed by atoms with E-state index < -0.39 is 0 Å². The van der Waals surface area contributed by atoms with Crippen LogP contribution in [0.1, 0.15) is 22.0 Å². The number of carbonyl (C=O) groups excluding carboxylic acids is 1. The predicted molar refractivity (Wildman–Crippen MR) is 86.2 cm³/mol. The smallest absolute Gasteiger partial charge is 0.282 e. The molecule has 0 aromatic heterocycles. The van der Waals surface area contributed by atoms with Gasteiger partial charge in [0.15, 0.2) is 0 Å². The highest BCUT2D eigenvalue weighted by molar-refractivity contribution is 6.30. The number of anilines is 1. The van der Waals surface area contributed by atoms with E-state index in [1.807, 2.05) is 12.1 Å². The molecule has 22 heavy (non-hydrogen) atoms. The fourth-order valence-electron chi connectivity index (χ4n) is 2.16. The van der Waals surface area contributed by atoms with Gasteiger partial charge in [0.25, 0.3) is 11.9 Å². The van der Waals surface area contributed by atoms with Gasteiger partial charge in [-0.05, 0) is 42.0 Å². The zero-order valence-electron chi connectivity index (χ0n) is 11.6. The predicted octanol–water partition coefficient (Wildman–Crippen LogP) is 2.98. The summed E-state index contributed by atoms with van der Waals surface area (Å²) in [6.45, 7) is 0.433. The van der Waals surface area contributed by atoms with E-state index in [1.165, 1.54) is 0 Å². The lowest BCUT2D eigenvalue weighted by Gasteiger charge is -2.08. The van der Waals surface area contributed by atoms with Crippen LogP contribution in [-0.4, -0.2) is 18.5 Å². The summed E-state index contributed by atoms with van der Waals surface area (Å²) in [5.74, 6) is -0.181. The fraction of sp³-hybridized carbons (Fsp3) is 0.125. The third-order valence-corrected chi connectivity index (χ3v) is 3.58. The van der Waals surface area contributed by atoms with Gasteiger partial charge in [-0.2, -0.15) is 0 Å². The van der Waals surface area contributed by atoms with Gasteiger partial charge >= 0.3 is 0 Å². The Balaban J connectivity index is 1.69. The van der Waals surface area contributed by atoms with Crippen LogP contribution in [0.2, 0.25) is 5.02 Å². The summed E-state index contributed by atoms with van der Waals surface area (Å²) in [4.78, 5) is 16.3. The molecule has 1 amide bonds. The molecule has 3 N–H and O–H groups in total. The third-order valence-electron chi connectivity index (χ3n) is 3.33. The Kier molecular flexibility index (Phi) is 3.98. The average Bonchev–Trinajstić information content (AvgIpc) is 2.96. The van der Waals surface area contributed by atoms with Gasteiger partial charge in [0, 0.05) is 16.3 Å². The molecule has 6 heteroatoms. The average molecular weight is 316 g/mol. The van der Waals surface area contributed by atoms with E-state index in [4.69, 9.17) is 22.1 Å². The first-order chi connectivity index (χ1) is 10.6. The summed E-state index contributed by atoms with van der Waals surface area (Å²) < 4.78 is 5.12. The molecule has 0 fully saturated rings. The maximum atomic E-state index is 12.2. The van der Waals surface area contributed by atoms with Crippen molar-refractivity contribution in [2.45, 2.75) is 6.04 Å². The van der Waals surface area contributed by atoms with E-state index in [9.17, 15) is 4.79 Å². The molecule has 3 rings (SSSR count). The monoisotopic (exact) mass is 315 g/mol. The highest BCUT2D eigenvalue weighted by atomic mass is 35.5. The zero-order valence-corrected chi connectivity index (χ0v) is 12.4. The summed E-state index contributed by atoms with van der Waals surface area (Å²) in [7, 11) is 0. The van der Waals surface area contributed by atoms with Gasteiger partial charge in [-0.25, -0.2) is 4.99 Å². The van der Waals surface area contributed by atoms with Crippen LogP contribution in [0.15, 0.2) is 53.5 Å². The molecule has 0 aliphatic carbocycles. The van der Waals surface area contributed by atoms with Crippen molar-refractivity contribution in [3.05, 3.63) is 64.7 Å². The van der Waals surface area contributed by atoms with Crippen molar-refractivity contribution in [1.29, 1.82) is 0 Å². The van der Waals surface area contributed by atoms with Crippen LogP contribution in [0.5, 0.6) is 0 Å². The van der Waals surface area contributed by atoms with Gasteiger partial charge in [0.1, 0.15) is 12.6 Å². The Morgan fingerprint density at radius 1 is 1.18 bits per heavy atom. The molecule has 1 heterocycles. The first-order valence-corrected chi connectivity index (χ1v) is 7.12. The van der Waals surface area contributed by atoms with Crippen LogP contribution in [-0.2, 0) is 4.74 Å². The number of ether oxygens (including phenoxy) is 1. The largest absolute Gasteiger partial charge is 0.463 e. The first-order valence-electron chi connectivity index (χ1n) is 6.75. The van der Waals surface area contributed by atoms with Crippen molar-refractivity contribution in [2.24, 2.45) is 10.7 Å². The quantitative estimate of drug-likeness (QED) is 0.914. The van der Waals surface area contributed by atoms with Crippen LogP contribution in [0.25, 0.3) is 0 Å². The first kappa shape index (κ1) is 14.4. The Morgan fingerprint density at radius 3 is 2.45 bits per heavy atom. The van der Waals surface area contributed by atoms with Crippen molar-refractivity contribution in [2.75, 3.05) is 11.9 Å². The molecule has 0 saturated heterocycles. The molecular weight excluding hydrogens is 302 g/mol. The molecule has 2 aromatic rings. The van der Waals surface area contributed by atoms with Crippen LogP contribution >= 0.6 is 11.6 Å². The second-order valence-corrected chi connectivity index (χ2v) is 5.31. The number of nitrogens with two attached hydrogens (primary N) is 1. The van der Waals surface area contributed by atoms with Gasteiger partial charge in [-0.1, -0.05) is 23.7 Å². The van der Waals surface area contributed by atoms with Crippen molar-refractivity contribution >= 4 is 29.2 Å². The second-order valence-electron chi connectivity index (χ2n) is 4.88. The van der Waals surface area contributed by atoms with E-state index in [-0.39, 0.29) is 18.0 Å². The van der Waals surface area contributed by atoms with E-state index in [2.05, 4.69) is 10.3 Å². The Bertz CT molecular complexity index is 711. The van der Waals surface area contributed by atoms with Crippen molar-refractivity contribution in [1.82, 2.24) is 0 Å². The Morgan fingerprint density at radius 2 is 1.86 bits per heavy atom. The number of halogens is 1. The van der Waals surface area contributed by atoms with E-state index in [0.29, 0.717) is 22.9 Å². The molecule has 0 spiro atoms. The van der Waals surface area contributed by atoms with Gasteiger partial charge in [0.2, 0.25) is 0 Å². The molecule has 1 aliphatic heterocycles. The number of rotatable bonds is 3. The molecule has 112 valence electrons. The highest BCUT2D eigenvalue weighted by Crippen LogP contribution is 2.22. The Labute approximate surface area is 132 Å². The minimum Gasteiger partial charge on any atom is -0.463 e. The number of benzene rings is 2. The number of carbonyl (C=O) groups is 1. The topological polar surface area (TPSA) is 76.7 Å². The standard InChI is InChI=1S/C16H14ClN3O2/c17-12-5-7-13(8-6-12)19-15(21)11-3-1-10(2-4-11)14-9-22-16(18)20-14/h1-8,14H,9H2,(H2,18,20)(H,19,21)/t14-/m0/s1. The number of aliphatic imine (C=N–C) groups is 1. The number of nitrogens with one attached hydrogen (secondary N) is 1. The van der Waals surface area contributed by atoms with Crippen molar-refractivity contribution in [3.63, 3.8) is 0 Å². The summed E-state index contributed by atoms with van der Waals surface area (Å²) in [5.41, 5.74) is 7.71. The van der Waals surface area contributed by atoms with Crippen LogP contribution in [0, 0.1) is 0 Å². The summed E-state index contributed by atoms with van der Waals surface area (Å²) in [5, 5.41) is 3.44. The van der Waals surface area contributed by atoms with Crippen molar-refractivity contribution < 1.29 is 9.53 Å². The molecule has 2 aromatic carbocycles. The maximum Gasteiger partial charge on any atom is 0.282 e. The molecule has 1 atom stereocenters. The molecule has 0 unspecified atom stereocenters. The lowest BCUT2D eigenvalue weighted by molar-refractivity contribution is 0.102. The Hall–Kier alpha value is -2.53. The van der Waals surface area contributed by atoms with Gasteiger partial charge < -0.3 is 15.8 Å². The van der Waals surface area contributed by atoms with E-state index in [0.717, 1.165) is 5.56 Å². The SMILES string of the molecule is NC1=N[C@H](c2ccc(C(=O)Nc3ccc(Cl)cc3)cc2)CO1. The van der Waals surface area contributed by atoms with Crippen LogP contribution in [0.3, 0.4) is 0 Å². The van der Waals surface area contributed by atoms with Gasteiger partial charge in [-0.3, -0.25) is 4.79 Å². The number of hydrogen-bond donors (Lipinski definition) is 2. The third kappa shape index (κ3) is 3.20. The molecule has 0 bridgehead atoms. The molecule has 0 saturated carbocycles. The highest BCUT2D eigenvalue weighted by Gasteiger charge is 2.18. The minimum atomic E-state index is -0.181. The molecule has 1 aliphatic rings. The molecule has 5 nitrogen and oxygen atoms in total. The lowest BCUT2D eigenvalue weighted by atomic mass is 10.1. The minimum absolute atomic E-state index is 0.103. The molecule has 0 radical (unpaired) electrons. The number of amidine groups is 1. The maximum absolute atomic E-state index is 12.2. The number of nitrogens with zero attached hydrogens (tertiary/aromatic N) is 1. The van der Waals surface area contributed by atoms with Crippen LogP contribution in [0.4, 0.5) is 5.69 Å². The van der Waals surface area contributed by atoms with Crippen molar-refractivity contribution in [3.8, 4) is 0 Å². The summed E-state index contributed by atoms with van der Waals surface area (Å²) >= 11 is 5.81. The van der Waals surface area contributed by atoms with E-state index in [1.54, 1.807) is 36.4 Å². The van der Waals surface area contributed by atoms with Gasteiger partial charge in [0.05, 0.1) is 0 Å². The summed E-state index contributed by atoms with van der Waals surface area (Å²) in [6.07, 6.45) is 0. The second kappa shape index (κ2) is 6.07. The number of amides is 1.